The van der Waals surface area contributed by atoms with Crippen molar-refractivity contribution >= 4 is 44.2 Å². The minimum atomic E-state index is -2.92. The maximum Gasteiger partial charge on any atom is 0.209 e. The van der Waals surface area contributed by atoms with Gasteiger partial charge in [-0.15, -0.1) is 5.10 Å². The summed E-state index contributed by atoms with van der Waals surface area (Å²) in [5, 5.41) is 8.11. The molecule has 1 aromatic heterocycles. The summed E-state index contributed by atoms with van der Waals surface area (Å²) in [5.74, 6) is 0.121. The number of halogens is 1. The molecule has 1 N–H and O–H groups in total. The Balaban J connectivity index is 1.68. The maximum atomic E-state index is 12.9. The Morgan fingerprint density at radius 1 is 1.46 bits per heavy atom. The van der Waals surface area contributed by atoms with Crippen molar-refractivity contribution in [2.45, 2.75) is 19.1 Å². The van der Waals surface area contributed by atoms with Crippen molar-refractivity contribution in [3.05, 3.63) is 34.0 Å². The molecule has 0 radical (unpaired) electrons. The van der Waals surface area contributed by atoms with Gasteiger partial charge in [0, 0.05) is 11.7 Å². The van der Waals surface area contributed by atoms with Crippen LogP contribution in [0.4, 0.5) is 15.2 Å². The Labute approximate surface area is 148 Å². The molecule has 1 unspecified atom stereocenters. The lowest BCUT2D eigenvalue weighted by Gasteiger charge is -2.22. The van der Waals surface area contributed by atoms with Gasteiger partial charge in [0.1, 0.15) is 5.82 Å². The van der Waals surface area contributed by atoms with Gasteiger partial charge in [0.25, 0.3) is 0 Å². The van der Waals surface area contributed by atoms with Crippen molar-refractivity contribution in [1.29, 1.82) is 0 Å². The number of sulfone groups is 1. The van der Waals surface area contributed by atoms with Gasteiger partial charge in [-0.2, -0.15) is 0 Å². The van der Waals surface area contributed by atoms with E-state index in [2.05, 4.69) is 10.4 Å². The molecule has 24 heavy (non-hydrogen) atoms. The number of anilines is 2. The lowest BCUT2D eigenvalue weighted by Crippen LogP contribution is -2.34. The van der Waals surface area contributed by atoms with Crippen molar-refractivity contribution in [3.63, 3.8) is 0 Å². The normalized spacial score (nSPS) is 19.7. The summed E-state index contributed by atoms with van der Waals surface area (Å²) in [6.45, 7) is 0.431. The molecular formula is C14H17FN4O2S3. The highest BCUT2D eigenvalue weighted by atomic mass is 32.2. The first-order chi connectivity index (χ1) is 11.3. The minimum Gasteiger partial charge on any atom is -0.330 e. The highest BCUT2D eigenvalue weighted by Gasteiger charge is 2.30. The van der Waals surface area contributed by atoms with E-state index in [4.69, 9.17) is 12.2 Å². The predicted octanol–water partition coefficient (Wildman–Crippen LogP) is 2.63. The standard InChI is InChI=1S/C14H17FN4O2S3/c1-18(12-6-7-24(20,21)8-12)9-19-14(22)23-13(17-19)16-11-4-2-10(15)3-5-11/h2-5,12H,6-9H2,1H3,(H,16,17). The molecule has 1 atom stereocenters. The van der Waals surface area contributed by atoms with Crippen LogP contribution >= 0.6 is 23.6 Å². The van der Waals surface area contributed by atoms with E-state index < -0.39 is 9.84 Å². The summed E-state index contributed by atoms with van der Waals surface area (Å²) in [6, 6.07) is 5.98. The molecule has 2 aromatic rings. The molecule has 2 heterocycles. The summed E-state index contributed by atoms with van der Waals surface area (Å²) >= 11 is 6.64. The Morgan fingerprint density at radius 2 is 2.17 bits per heavy atom. The zero-order valence-electron chi connectivity index (χ0n) is 13.0. The Bertz CT molecular complexity index is 876. The Hall–Kier alpha value is -1.36. The largest absolute Gasteiger partial charge is 0.330 e. The summed E-state index contributed by atoms with van der Waals surface area (Å²) in [7, 11) is -1.04. The molecular weight excluding hydrogens is 371 g/mol. The molecule has 0 aliphatic carbocycles. The van der Waals surface area contributed by atoms with E-state index in [0.29, 0.717) is 22.2 Å². The fourth-order valence-corrected chi connectivity index (χ4v) is 5.37. The van der Waals surface area contributed by atoms with Crippen LogP contribution in [-0.2, 0) is 16.5 Å². The van der Waals surface area contributed by atoms with Crippen LogP contribution in [0.1, 0.15) is 6.42 Å². The third-order valence-corrected chi connectivity index (χ3v) is 6.86. The molecule has 1 aliphatic heterocycles. The average molecular weight is 389 g/mol. The first kappa shape index (κ1) is 17.5. The number of nitrogens with one attached hydrogen (secondary N) is 1. The van der Waals surface area contributed by atoms with Crippen LogP contribution in [0.5, 0.6) is 0 Å². The van der Waals surface area contributed by atoms with E-state index in [1.165, 1.54) is 23.5 Å². The first-order valence-corrected chi connectivity index (χ1v) is 10.4. The van der Waals surface area contributed by atoms with Crippen molar-refractivity contribution < 1.29 is 12.8 Å². The van der Waals surface area contributed by atoms with Crippen molar-refractivity contribution in [1.82, 2.24) is 14.7 Å². The van der Waals surface area contributed by atoms with Gasteiger partial charge < -0.3 is 5.32 Å². The first-order valence-electron chi connectivity index (χ1n) is 7.33. The maximum absolute atomic E-state index is 12.9. The highest BCUT2D eigenvalue weighted by molar-refractivity contribution is 7.91. The van der Waals surface area contributed by atoms with Crippen LogP contribution in [-0.4, -0.2) is 47.7 Å². The SMILES string of the molecule is CN(Cn1nc(Nc2ccc(F)cc2)sc1=S)C1CCS(=O)(=O)C1. The van der Waals surface area contributed by atoms with Crippen molar-refractivity contribution in [2.24, 2.45) is 0 Å². The van der Waals surface area contributed by atoms with Gasteiger partial charge >= 0.3 is 0 Å². The monoisotopic (exact) mass is 388 g/mol. The average Bonchev–Trinajstić information content (AvgIpc) is 3.04. The van der Waals surface area contributed by atoms with Gasteiger partial charge in [-0.25, -0.2) is 17.5 Å². The molecule has 0 bridgehead atoms. The zero-order chi connectivity index (χ0) is 17.3. The summed E-state index contributed by atoms with van der Waals surface area (Å²) in [6.07, 6.45) is 0.636. The van der Waals surface area contributed by atoms with Gasteiger partial charge in [-0.3, -0.25) is 4.90 Å². The van der Waals surface area contributed by atoms with E-state index in [1.807, 2.05) is 11.9 Å². The molecule has 10 heteroatoms. The predicted molar refractivity (Wildman–Crippen MR) is 95.4 cm³/mol. The summed E-state index contributed by atoms with van der Waals surface area (Å²) in [5.41, 5.74) is 0.725. The molecule has 1 saturated heterocycles. The van der Waals surface area contributed by atoms with Crippen molar-refractivity contribution in [3.8, 4) is 0 Å². The van der Waals surface area contributed by atoms with Crippen LogP contribution in [0.3, 0.4) is 0 Å². The van der Waals surface area contributed by atoms with Crippen molar-refractivity contribution in [2.75, 3.05) is 23.9 Å². The molecule has 130 valence electrons. The molecule has 1 aromatic carbocycles. The zero-order valence-corrected chi connectivity index (χ0v) is 15.4. The highest BCUT2D eigenvalue weighted by Crippen LogP contribution is 2.22. The van der Waals surface area contributed by atoms with Crippen LogP contribution < -0.4 is 5.32 Å². The van der Waals surface area contributed by atoms with E-state index in [1.54, 1.807) is 16.8 Å². The number of benzene rings is 1. The van der Waals surface area contributed by atoms with Crippen LogP contribution in [0.25, 0.3) is 0 Å². The summed E-state index contributed by atoms with van der Waals surface area (Å²) < 4.78 is 38.4. The van der Waals surface area contributed by atoms with Gasteiger partial charge in [-0.1, -0.05) is 11.3 Å². The smallest absolute Gasteiger partial charge is 0.209 e. The second kappa shape index (κ2) is 6.87. The third kappa shape index (κ3) is 4.18. The number of nitrogens with zero attached hydrogens (tertiary/aromatic N) is 3. The van der Waals surface area contributed by atoms with Crippen LogP contribution in [0.15, 0.2) is 24.3 Å². The Kier molecular flexibility index (Phi) is 5.00. The van der Waals surface area contributed by atoms with Crippen LogP contribution in [0, 0.1) is 9.77 Å². The fraction of sp³-hybridized carbons (Fsp3) is 0.429. The second-order valence-corrected chi connectivity index (χ2v) is 9.61. The van der Waals surface area contributed by atoms with Gasteiger partial charge in [0.05, 0.1) is 18.2 Å². The summed E-state index contributed by atoms with van der Waals surface area (Å²) in [4.78, 5) is 1.96. The van der Waals surface area contributed by atoms with E-state index >= 15 is 0 Å². The molecule has 0 amide bonds. The number of hydrogen-bond donors (Lipinski definition) is 1. The van der Waals surface area contributed by atoms with E-state index in [-0.39, 0.29) is 23.4 Å². The van der Waals surface area contributed by atoms with Gasteiger partial charge in [-0.05, 0) is 50.0 Å². The second-order valence-electron chi connectivity index (χ2n) is 5.76. The topological polar surface area (TPSA) is 67.2 Å². The third-order valence-electron chi connectivity index (χ3n) is 3.89. The van der Waals surface area contributed by atoms with Gasteiger partial charge in [0.15, 0.2) is 13.8 Å². The quantitative estimate of drug-likeness (QED) is 0.795. The Morgan fingerprint density at radius 3 is 2.79 bits per heavy atom. The van der Waals surface area contributed by atoms with Crippen LogP contribution in [0.2, 0.25) is 0 Å². The molecule has 6 nitrogen and oxygen atoms in total. The van der Waals surface area contributed by atoms with Gasteiger partial charge in [0.2, 0.25) is 5.13 Å². The molecule has 1 fully saturated rings. The van der Waals surface area contributed by atoms with E-state index in [9.17, 15) is 12.8 Å². The molecule has 0 saturated carbocycles. The number of aromatic nitrogens is 2. The molecule has 0 spiro atoms. The number of hydrogen-bond acceptors (Lipinski definition) is 7. The molecule has 3 rings (SSSR count). The molecule has 1 aliphatic rings. The number of rotatable bonds is 5. The lowest BCUT2D eigenvalue weighted by atomic mass is 10.2. The minimum absolute atomic E-state index is 0.00731. The lowest BCUT2D eigenvalue weighted by molar-refractivity contribution is 0.198. The fourth-order valence-electron chi connectivity index (χ4n) is 2.55. The van der Waals surface area contributed by atoms with E-state index in [0.717, 1.165) is 5.69 Å².